The van der Waals surface area contributed by atoms with Crippen LogP contribution in [-0.4, -0.2) is 87.1 Å². The highest BCUT2D eigenvalue weighted by Crippen LogP contribution is 2.21. The summed E-state index contributed by atoms with van der Waals surface area (Å²) in [6.07, 6.45) is 3.72. The zero-order chi connectivity index (χ0) is 19.8. The van der Waals surface area contributed by atoms with Crippen LogP contribution in [0.4, 0.5) is 0 Å². The number of piperidine rings is 1. The molecule has 5 nitrogen and oxygen atoms in total. The van der Waals surface area contributed by atoms with E-state index in [2.05, 4.69) is 69.3 Å². The van der Waals surface area contributed by atoms with Gasteiger partial charge in [-0.25, -0.2) is 0 Å². The van der Waals surface area contributed by atoms with Crippen molar-refractivity contribution in [2.24, 2.45) is 16.8 Å². The first-order valence-corrected chi connectivity index (χ1v) is 11.0. The monoisotopic (exact) mass is 385 g/mol. The molecule has 1 aromatic carbocycles. The highest BCUT2D eigenvalue weighted by Gasteiger charge is 2.22. The fourth-order valence-electron chi connectivity index (χ4n) is 4.43. The Bertz CT molecular complexity index is 586. The lowest BCUT2D eigenvalue weighted by atomic mass is 9.90. The molecule has 2 aliphatic rings. The number of aliphatic imine (C=N–C) groups is 1. The van der Waals surface area contributed by atoms with Crippen LogP contribution in [0.25, 0.3) is 0 Å². The maximum absolute atomic E-state index is 4.56. The fourth-order valence-corrected chi connectivity index (χ4v) is 4.43. The first-order chi connectivity index (χ1) is 13.6. The second-order valence-electron chi connectivity index (χ2n) is 8.76. The second kappa shape index (κ2) is 10.8. The van der Waals surface area contributed by atoms with Gasteiger partial charge < -0.3 is 20.0 Å². The number of hydrogen-bond donors (Lipinski definition) is 1. The van der Waals surface area contributed by atoms with Crippen molar-refractivity contribution in [3.63, 3.8) is 0 Å². The molecule has 0 bridgehead atoms. The molecular weight excluding hydrogens is 346 g/mol. The lowest BCUT2D eigenvalue weighted by Crippen LogP contribution is -2.49. The van der Waals surface area contributed by atoms with Crippen molar-refractivity contribution in [3.05, 3.63) is 35.9 Å². The van der Waals surface area contributed by atoms with Gasteiger partial charge in [0.15, 0.2) is 5.96 Å². The van der Waals surface area contributed by atoms with E-state index in [-0.39, 0.29) is 0 Å². The van der Waals surface area contributed by atoms with Gasteiger partial charge in [0.25, 0.3) is 0 Å². The number of rotatable bonds is 6. The highest BCUT2D eigenvalue weighted by molar-refractivity contribution is 5.79. The standard InChI is InChI=1S/C23H39N5/c1-20(19-27-15-13-26(3)14-16-27)18-25-23(24-2)28-11-9-22(10-12-28)17-21-7-5-4-6-8-21/h4-8,20,22H,9-19H2,1-3H3,(H,24,25). The van der Waals surface area contributed by atoms with Gasteiger partial charge in [-0.3, -0.25) is 4.99 Å². The lowest BCUT2D eigenvalue weighted by Gasteiger charge is -2.36. The molecule has 1 unspecified atom stereocenters. The van der Waals surface area contributed by atoms with E-state index in [1.807, 2.05) is 7.05 Å². The van der Waals surface area contributed by atoms with E-state index < -0.39 is 0 Å². The highest BCUT2D eigenvalue weighted by atomic mass is 15.3. The average Bonchev–Trinajstić information content (AvgIpc) is 2.72. The quantitative estimate of drug-likeness (QED) is 0.602. The van der Waals surface area contributed by atoms with Crippen LogP contribution in [0.2, 0.25) is 0 Å². The maximum atomic E-state index is 4.56. The number of hydrogen-bond acceptors (Lipinski definition) is 3. The van der Waals surface area contributed by atoms with Crippen molar-refractivity contribution >= 4 is 5.96 Å². The Labute approximate surface area is 171 Å². The van der Waals surface area contributed by atoms with E-state index >= 15 is 0 Å². The van der Waals surface area contributed by atoms with Crippen LogP contribution >= 0.6 is 0 Å². The Kier molecular flexibility index (Phi) is 8.16. The molecule has 28 heavy (non-hydrogen) atoms. The van der Waals surface area contributed by atoms with E-state index in [0.717, 1.165) is 31.5 Å². The van der Waals surface area contributed by atoms with Crippen molar-refractivity contribution in [2.75, 3.05) is 66.5 Å². The van der Waals surface area contributed by atoms with Crippen LogP contribution in [0.15, 0.2) is 35.3 Å². The van der Waals surface area contributed by atoms with E-state index in [9.17, 15) is 0 Å². The molecule has 2 aliphatic heterocycles. The molecule has 2 saturated heterocycles. The van der Waals surface area contributed by atoms with Crippen LogP contribution in [-0.2, 0) is 6.42 Å². The van der Waals surface area contributed by atoms with E-state index in [4.69, 9.17) is 0 Å². The Morgan fingerprint density at radius 3 is 2.39 bits per heavy atom. The molecule has 5 heteroatoms. The molecule has 0 aromatic heterocycles. The molecule has 0 saturated carbocycles. The number of guanidine groups is 1. The molecule has 1 aromatic rings. The first-order valence-electron chi connectivity index (χ1n) is 11.0. The molecule has 0 aliphatic carbocycles. The zero-order valence-electron chi connectivity index (χ0n) is 18.1. The zero-order valence-corrected chi connectivity index (χ0v) is 18.1. The number of piperazine rings is 1. The first kappa shape index (κ1) is 21.1. The van der Waals surface area contributed by atoms with E-state index in [0.29, 0.717) is 5.92 Å². The van der Waals surface area contributed by atoms with Gasteiger partial charge in [-0.15, -0.1) is 0 Å². The van der Waals surface area contributed by atoms with Gasteiger partial charge >= 0.3 is 0 Å². The minimum Gasteiger partial charge on any atom is -0.356 e. The Morgan fingerprint density at radius 2 is 1.75 bits per heavy atom. The molecule has 2 fully saturated rings. The summed E-state index contributed by atoms with van der Waals surface area (Å²) in [5.41, 5.74) is 1.47. The van der Waals surface area contributed by atoms with Gasteiger partial charge in [0.05, 0.1) is 0 Å². The molecule has 156 valence electrons. The van der Waals surface area contributed by atoms with E-state index in [1.54, 1.807) is 0 Å². The third-order valence-electron chi connectivity index (χ3n) is 6.27. The summed E-state index contributed by atoms with van der Waals surface area (Å²) in [7, 11) is 4.14. The maximum Gasteiger partial charge on any atom is 0.193 e. The van der Waals surface area contributed by atoms with Gasteiger partial charge in [0.1, 0.15) is 0 Å². The number of nitrogens with one attached hydrogen (secondary N) is 1. The Balaban J connectivity index is 1.37. The molecule has 1 atom stereocenters. The van der Waals surface area contributed by atoms with Crippen LogP contribution < -0.4 is 5.32 Å². The molecule has 0 radical (unpaired) electrons. The summed E-state index contributed by atoms with van der Waals surface area (Å²) in [6.45, 7) is 11.5. The SMILES string of the molecule is CN=C(NCC(C)CN1CCN(C)CC1)N1CCC(Cc2ccccc2)CC1. The summed E-state index contributed by atoms with van der Waals surface area (Å²) in [5, 5.41) is 3.64. The molecular formula is C23H39N5. The Morgan fingerprint density at radius 1 is 1.07 bits per heavy atom. The molecule has 2 heterocycles. The molecule has 3 rings (SSSR count). The smallest absolute Gasteiger partial charge is 0.193 e. The van der Waals surface area contributed by atoms with Crippen molar-refractivity contribution < 1.29 is 0 Å². The minimum atomic E-state index is 0.635. The topological polar surface area (TPSA) is 34.1 Å². The predicted octanol–water partition coefficient (Wildman–Crippen LogP) is 2.40. The number of benzene rings is 1. The van der Waals surface area contributed by atoms with Gasteiger partial charge in [-0.1, -0.05) is 37.3 Å². The molecule has 0 amide bonds. The van der Waals surface area contributed by atoms with Crippen molar-refractivity contribution in [1.82, 2.24) is 20.0 Å². The van der Waals surface area contributed by atoms with Gasteiger partial charge in [0.2, 0.25) is 0 Å². The van der Waals surface area contributed by atoms with Crippen LogP contribution in [0.1, 0.15) is 25.3 Å². The van der Waals surface area contributed by atoms with Crippen molar-refractivity contribution in [3.8, 4) is 0 Å². The largest absolute Gasteiger partial charge is 0.356 e. The van der Waals surface area contributed by atoms with Crippen LogP contribution in [0.3, 0.4) is 0 Å². The summed E-state index contributed by atoms with van der Waals surface area (Å²) in [5.74, 6) is 2.52. The third-order valence-corrected chi connectivity index (χ3v) is 6.27. The molecule has 1 N–H and O–H groups in total. The summed E-state index contributed by atoms with van der Waals surface area (Å²) in [4.78, 5) is 12.0. The molecule has 0 spiro atoms. The summed E-state index contributed by atoms with van der Waals surface area (Å²) < 4.78 is 0. The van der Waals surface area contributed by atoms with E-state index in [1.165, 1.54) is 57.5 Å². The Hall–Kier alpha value is -1.59. The third kappa shape index (κ3) is 6.49. The van der Waals surface area contributed by atoms with Gasteiger partial charge in [-0.05, 0) is 43.7 Å². The second-order valence-corrected chi connectivity index (χ2v) is 8.76. The van der Waals surface area contributed by atoms with Crippen LogP contribution in [0, 0.1) is 11.8 Å². The summed E-state index contributed by atoms with van der Waals surface area (Å²) >= 11 is 0. The normalized spacial score (nSPS) is 21.7. The lowest BCUT2D eigenvalue weighted by molar-refractivity contribution is 0.139. The van der Waals surface area contributed by atoms with Crippen LogP contribution in [0.5, 0.6) is 0 Å². The fraction of sp³-hybridized carbons (Fsp3) is 0.696. The predicted molar refractivity (Wildman–Crippen MR) is 119 cm³/mol. The minimum absolute atomic E-state index is 0.635. The summed E-state index contributed by atoms with van der Waals surface area (Å²) in [6, 6.07) is 10.9. The number of nitrogens with zero attached hydrogens (tertiary/aromatic N) is 4. The van der Waals surface area contributed by atoms with Crippen molar-refractivity contribution in [1.29, 1.82) is 0 Å². The average molecular weight is 386 g/mol. The van der Waals surface area contributed by atoms with Crippen molar-refractivity contribution in [2.45, 2.75) is 26.2 Å². The number of likely N-dealkylation sites (tertiary alicyclic amines) is 1. The van der Waals surface area contributed by atoms with Gasteiger partial charge in [0, 0.05) is 59.4 Å². The van der Waals surface area contributed by atoms with Gasteiger partial charge in [-0.2, -0.15) is 0 Å². The number of likely N-dealkylation sites (N-methyl/N-ethyl adjacent to an activating group) is 1.